The summed E-state index contributed by atoms with van der Waals surface area (Å²) < 4.78 is 1.04. The molecule has 148 valence electrons. The summed E-state index contributed by atoms with van der Waals surface area (Å²) in [6, 6.07) is 5.88. The highest BCUT2D eigenvalue weighted by Gasteiger charge is 2.29. The fraction of sp³-hybridized carbons (Fsp3) is 0.450. The van der Waals surface area contributed by atoms with E-state index < -0.39 is 0 Å². The van der Waals surface area contributed by atoms with Crippen molar-refractivity contribution in [2.45, 2.75) is 45.2 Å². The number of hydrogen-bond acceptors (Lipinski definition) is 5. The van der Waals surface area contributed by atoms with Crippen LogP contribution in [0, 0.1) is 0 Å². The summed E-state index contributed by atoms with van der Waals surface area (Å²) in [7, 11) is 0. The Labute approximate surface area is 176 Å². The molecule has 0 radical (unpaired) electrons. The SMILES string of the molecule is CC(C)(C)N1CCC[C@H](NC(=O)c2ccnc3[nH]c(-c4ccc(Br)s4)nc23)C1. The van der Waals surface area contributed by atoms with Gasteiger partial charge in [-0.25, -0.2) is 9.97 Å². The zero-order chi connectivity index (χ0) is 19.9. The average Bonchev–Trinajstić information content (AvgIpc) is 3.26. The number of pyridine rings is 1. The maximum Gasteiger partial charge on any atom is 0.253 e. The Morgan fingerprint density at radius 1 is 1.36 bits per heavy atom. The van der Waals surface area contributed by atoms with Crippen LogP contribution in [0.3, 0.4) is 0 Å². The summed E-state index contributed by atoms with van der Waals surface area (Å²) in [5, 5.41) is 3.22. The minimum Gasteiger partial charge on any atom is -0.348 e. The Kier molecular flexibility index (Phi) is 5.28. The molecule has 0 bridgehead atoms. The van der Waals surface area contributed by atoms with Crippen molar-refractivity contribution in [2.75, 3.05) is 13.1 Å². The number of H-pyrrole nitrogens is 1. The molecule has 1 amide bonds. The predicted octanol–water partition coefficient (Wildman–Crippen LogP) is 4.44. The Balaban J connectivity index is 1.56. The van der Waals surface area contributed by atoms with Crippen molar-refractivity contribution in [2.24, 2.45) is 0 Å². The van der Waals surface area contributed by atoms with Crippen LogP contribution in [0.4, 0.5) is 0 Å². The third-order valence-corrected chi connectivity index (χ3v) is 6.77. The molecule has 3 aromatic heterocycles. The van der Waals surface area contributed by atoms with Gasteiger partial charge >= 0.3 is 0 Å². The first-order chi connectivity index (χ1) is 13.3. The third-order valence-electron chi connectivity index (χ3n) is 5.14. The summed E-state index contributed by atoms with van der Waals surface area (Å²) in [5.41, 5.74) is 1.92. The Morgan fingerprint density at radius 2 is 2.18 bits per heavy atom. The van der Waals surface area contributed by atoms with Gasteiger partial charge in [-0.1, -0.05) is 0 Å². The van der Waals surface area contributed by atoms with Gasteiger partial charge in [0.2, 0.25) is 0 Å². The average molecular weight is 462 g/mol. The topological polar surface area (TPSA) is 73.9 Å². The first-order valence-electron chi connectivity index (χ1n) is 9.47. The fourth-order valence-electron chi connectivity index (χ4n) is 3.62. The molecule has 4 rings (SSSR count). The van der Waals surface area contributed by atoms with Gasteiger partial charge in [-0.15, -0.1) is 11.3 Å². The van der Waals surface area contributed by atoms with Gasteiger partial charge in [0, 0.05) is 24.3 Å². The number of rotatable bonds is 3. The molecule has 6 nitrogen and oxygen atoms in total. The van der Waals surface area contributed by atoms with Gasteiger partial charge in [0.15, 0.2) is 5.65 Å². The number of imidazole rings is 1. The van der Waals surface area contributed by atoms with Crippen LogP contribution in [0.15, 0.2) is 28.2 Å². The zero-order valence-electron chi connectivity index (χ0n) is 16.3. The largest absolute Gasteiger partial charge is 0.348 e. The third kappa shape index (κ3) is 3.99. The highest BCUT2D eigenvalue weighted by Crippen LogP contribution is 2.31. The lowest BCUT2D eigenvalue weighted by Crippen LogP contribution is -2.53. The Hall–Kier alpha value is -1.77. The minimum atomic E-state index is -0.0847. The molecule has 0 aromatic carbocycles. The molecule has 8 heteroatoms. The maximum atomic E-state index is 13.0. The number of fused-ring (bicyclic) bond motifs is 1. The summed E-state index contributed by atoms with van der Waals surface area (Å²) >= 11 is 5.07. The summed E-state index contributed by atoms with van der Waals surface area (Å²) in [4.78, 5) is 28.7. The molecule has 1 fully saturated rings. The lowest BCUT2D eigenvalue weighted by atomic mass is 9.98. The van der Waals surface area contributed by atoms with Crippen molar-refractivity contribution in [1.82, 2.24) is 25.2 Å². The molecule has 2 N–H and O–H groups in total. The molecule has 0 saturated carbocycles. The first kappa shape index (κ1) is 19.5. The van der Waals surface area contributed by atoms with Crippen molar-refractivity contribution in [3.05, 3.63) is 33.7 Å². The van der Waals surface area contributed by atoms with Gasteiger partial charge in [-0.05, 0) is 74.3 Å². The highest BCUT2D eigenvalue weighted by molar-refractivity contribution is 9.11. The number of carbonyl (C=O) groups excluding carboxylic acids is 1. The van der Waals surface area contributed by atoms with E-state index in [0.717, 1.165) is 40.4 Å². The van der Waals surface area contributed by atoms with E-state index in [1.807, 2.05) is 12.1 Å². The van der Waals surface area contributed by atoms with Crippen LogP contribution in [-0.2, 0) is 0 Å². The van der Waals surface area contributed by atoms with Crippen molar-refractivity contribution >= 4 is 44.3 Å². The van der Waals surface area contributed by atoms with E-state index in [4.69, 9.17) is 0 Å². The van der Waals surface area contributed by atoms with E-state index in [1.165, 1.54) is 0 Å². The maximum absolute atomic E-state index is 13.0. The van der Waals surface area contributed by atoms with Crippen LogP contribution in [-0.4, -0.2) is 50.4 Å². The summed E-state index contributed by atoms with van der Waals surface area (Å²) in [5.74, 6) is 0.647. The van der Waals surface area contributed by atoms with Crippen molar-refractivity contribution in [1.29, 1.82) is 0 Å². The van der Waals surface area contributed by atoms with Crippen LogP contribution < -0.4 is 5.32 Å². The number of piperidine rings is 1. The summed E-state index contributed by atoms with van der Waals surface area (Å²) in [6.45, 7) is 8.61. The molecular weight excluding hydrogens is 438 g/mol. The number of nitrogens with zero attached hydrogens (tertiary/aromatic N) is 3. The number of aromatic amines is 1. The molecule has 4 heterocycles. The second-order valence-corrected chi connectivity index (χ2v) is 10.6. The number of aromatic nitrogens is 3. The predicted molar refractivity (Wildman–Crippen MR) is 117 cm³/mol. The van der Waals surface area contributed by atoms with Gasteiger partial charge < -0.3 is 10.3 Å². The molecule has 1 aliphatic heterocycles. The summed E-state index contributed by atoms with van der Waals surface area (Å²) in [6.07, 6.45) is 3.75. The standard InChI is InChI=1S/C20H24BrN5OS/c1-20(2,3)26-10-4-5-12(11-26)23-19(27)13-8-9-22-18-16(13)24-17(25-18)14-6-7-15(21)28-14/h6-9,12H,4-5,10-11H2,1-3H3,(H,23,27)(H,22,24,25)/t12-/m0/s1. The van der Waals surface area contributed by atoms with E-state index in [0.29, 0.717) is 16.7 Å². The molecule has 1 saturated heterocycles. The number of nitrogens with one attached hydrogen (secondary N) is 2. The van der Waals surface area contributed by atoms with E-state index >= 15 is 0 Å². The fourth-order valence-corrected chi connectivity index (χ4v) is 4.95. The van der Waals surface area contributed by atoms with Crippen LogP contribution >= 0.6 is 27.3 Å². The monoisotopic (exact) mass is 461 g/mol. The Morgan fingerprint density at radius 3 is 2.89 bits per heavy atom. The van der Waals surface area contributed by atoms with Crippen molar-refractivity contribution < 1.29 is 4.79 Å². The van der Waals surface area contributed by atoms with Crippen LogP contribution in [0.1, 0.15) is 44.0 Å². The first-order valence-corrected chi connectivity index (χ1v) is 11.1. The van der Waals surface area contributed by atoms with Gasteiger partial charge in [-0.3, -0.25) is 9.69 Å². The second kappa shape index (κ2) is 7.57. The molecule has 28 heavy (non-hydrogen) atoms. The second-order valence-electron chi connectivity index (χ2n) is 8.17. The van der Waals surface area contributed by atoms with Gasteiger partial charge in [-0.2, -0.15) is 0 Å². The van der Waals surface area contributed by atoms with Crippen LogP contribution in [0.5, 0.6) is 0 Å². The number of thiophene rings is 1. The van der Waals surface area contributed by atoms with Gasteiger partial charge in [0.05, 0.1) is 14.2 Å². The zero-order valence-corrected chi connectivity index (χ0v) is 18.7. The van der Waals surface area contributed by atoms with E-state index in [-0.39, 0.29) is 17.5 Å². The minimum absolute atomic E-state index is 0.0847. The van der Waals surface area contributed by atoms with Crippen LogP contribution in [0.2, 0.25) is 0 Å². The normalized spacial score (nSPS) is 18.5. The molecule has 0 unspecified atom stereocenters. The molecular formula is C20H24BrN5OS. The quantitative estimate of drug-likeness (QED) is 0.604. The van der Waals surface area contributed by atoms with E-state index in [2.05, 4.69) is 61.9 Å². The van der Waals surface area contributed by atoms with Crippen LogP contribution in [0.25, 0.3) is 21.9 Å². The Bertz CT molecular complexity index is 1010. The number of carbonyl (C=O) groups is 1. The molecule has 0 spiro atoms. The number of halogens is 1. The number of hydrogen-bond donors (Lipinski definition) is 2. The number of amides is 1. The lowest BCUT2D eigenvalue weighted by Gasteiger charge is -2.41. The smallest absolute Gasteiger partial charge is 0.253 e. The molecule has 3 aromatic rings. The van der Waals surface area contributed by atoms with E-state index in [1.54, 1.807) is 23.6 Å². The highest BCUT2D eigenvalue weighted by atomic mass is 79.9. The van der Waals surface area contributed by atoms with Gasteiger partial charge in [0.25, 0.3) is 5.91 Å². The molecule has 0 aliphatic carbocycles. The molecule has 1 aliphatic rings. The lowest BCUT2D eigenvalue weighted by molar-refractivity contribution is 0.0763. The van der Waals surface area contributed by atoms with Crippen molar-refractivity contribution in [3.8, 4) is 10.7 Å². The molecule has 1 atom stereocenters. The number of likely N-dealkylation sites (tertiary alicyclic amines) is 1. The van der Waals surface area contributed by atoms with Crippen molar-refractivity contribution in [3.63, 3.8) is 0 Å². The van der Waals surface area contributed by atoms with E-state index in [9.17, 15) is 4.79 Å². The van der Waals surface area contributed by atoms with Gasteiger partial charge in [0.1, 0.15) is 11.3 Å².